The Labute approximate surface area is 170 Å². The van der Waals surface area contributed by atoms with E-state index in [1.54, 1.807) is 18.2 Å². The molecule has 1 aromatic rings. The quantitative estimate of drug-likeness (QED) is 0.341. The van der Waals surface area contributed by atoms with Gasteiger partial charge < -0.3 is 20.7 Å². The summed E-state index contributed by atoms with van der Waals surface area (Å²) in [5, 5.41) is 10.1. The smallest absolute Gasteiger partial charge is 0.251 e. The van der Waals surface area contributed by atoms with E-state index in [9.17, 15) is 4.79 Å². The van der Waals surface area contributed by atoms with Gasteiger partial charge >= 0.3 is 0 Å². The molecule has 0 unspecified atom stereocenters. The van der Waals surface area contributed by atoms with Gasteiger partial charge in [-0.25, -0.2) is 0 Å². The molecule has 0 saturated carbocycles. The molecule has 27 heavy (non-hydrogen) atoms. The third-order valence-electron chi connectivity index (χ3n) is 4.02. The van der Waals surface area contributed by atoms with Gasteiger partial charge in [0.05, 0.1) is 29.8 Å². The first kappa shape index (κ1) is 21.8. The van der Waals surface area contributed by atoms with Gasteiger partial charge in [0.15, 0.2) is 5.96 Å². The number of nitrogens with one attached hydrogen (secondary N) is 3. The molecule has 0 aromatic heterocycles. The number of morpholine rings is 1. The molecule has 0 atom stereocenters. The van der Waals surface area contributed by atoms with E-state index in [2.05, 4.69) is 25.8 Å². The molecule has 1 fully saturated rings. The molecule has 0 aliphatic carbocycles. The molecule has 1 amide bonds. The van der Waals surface area contributed by atoms with Crippen LogP contribution >= 0.6 is 23.2 Å². The predicted molar refractivity (Wildman–Crippen MR) is 110 cm³/mol. The van der Waals surface area contributed by atoms with Crippen LogP contribution in [0.5, 0.6) is 0 Å². The van der Waals surface area contributed by atoms with Crippen LogP contribution in [0, 0.1) is 0 Å². The van der Waals surface area contributed by atoms with E-state index in [1.807, 2.05) is 6.92 Å². The lowest BCUT2D eigenvalue weighted by Gasteiger charge is -2.25. The number of amides is 1. The number of aliphatic imine (C=N–C) groups is 1. The summed E-state index contributed by atoms with van der Waals surface area (Å²) in [6, 6.07) is 4.82. The van der Waals surface area contributed by atoms with Crippen molar-refractivity contribution in [3.63, 3.8) is 0 Å². The number of benzene rings is 1. The molecule has 7 nitrogen and oxygen atoms in total. The van der Waals surface area contributed by atoms with Gasteiger partial charge in [-0.15, -0.1) is 0 Å². The number of hydrogen-bond acceptors (Lipinski definition) is 4. The van der Waals surface area contributed by atoms with Gasteiger partial charge in [-0.3, -0.25) is 14.7 Å². The Bertz CT molecular complexity index is 636. The molecule has 9 heteroatoms. The Morgan fingerprint density at radius 3 is 2.59 bits per heavy atom. The Kier molecular flexibility index (Phi) is 9.69. The second kappa shape index (κ2) is 12.0. The van der Waals surface area contributed by atoms with Crippen molar-refractivity contribution in [3.05, 3.63) is 33.8 Å². The van der Waals surface area contributed by atoms with Crippen LogP contribution in [0.4, 0.5) is 0 Å². The van der Waals surface area contributed by atoms with Crippen molar-refractivity contribution < 1.29 is 9.53 Å². The van der Waals surface area contributed by atoms with Gasteiger partial charge in [-0.2, -0.15) is 0 Å². The third-order valence-corrected chi connectivity index (χ3v) is 4.76. The molecular weight excluding hydrogens is 389 g/mol. The number of halogens is 2. The molecule has 1 heterocycles. The second-order valence-corrected chi connectivity index (χ2v) is 6.84. The average molecular weight is 416 g/mol. The van der Waals surface area contributed by atoms with Crippen molar-refractivity contribution in [2.75, 3.05) is 59.0 Å². The predicted octanol–water partition coefficient (Wildman–Crippen LogP) is 1.61. The Morgan fingerprint density at radius 2 is 1.89 bits per heavy atom. The van der Waals surface area contributed by atoms with Crippen molar-refractivity contribution in [2.45, 2.75) is 6.92 Å². The van der Waals surface area contributed by atoms with Crippen LogP contribution in [0.15, 0.2) is 23.2 Å². The fourth-order valence-corrected chi connectivity index (χ4v) is 2.86. The summed E-state index contributed by atoms with van der Waals surface area (Å²) in [6.45, 7) is 8.95. The van der Waals surface area contributed by atoms with Crippen LogP contribution in [0.3, 0.4) is 0 Å². The topological polar surface area (TPSA) is 78.0 Å². The van der Waals surface area contributed by atoms with Crippen molar-refractivity contribution in [1.29, 1.82) is 0 Å². The summed E-state index contributed by atoms with van der Waals surface area (Å²) < 4.78 is 5.34. The average Bonchev–Trinajstić information content (AvgIpc) is 2.68. The minimum Gasteiger partial charge on any atom is -0.379 e. The van der Waals surface area contributed by atoms with E-state index < -0.39 is 0 Å². The van der Waals surface area contributed by atoms with Crippen molar-refractivity contribution in [2.24, 2.45) is 4.99 Å². The van der Waals surface area contributed by atoms with Crippen LogP contribution < -0.4 is 16.0 Å². The fourth-order valence-electron chi connectivity index (χ4n) is 2.57. The van der Waals surface area contributed by atoms with E-state index in [0.29, 0.717) is 35.2 Å². The number of ether oxygens (including phenoxy) is 1. The molecule has 0 spiro atoms. The van der Waals surface area contributed by atoms with Crippen molar-refractivity contribution in [3.8, 4) is 0 Å². The molecular formula is C18H27Cl2N5O2. The number of carbonyl (C=O) groups is 1. The van der Waals surface area contributed by atoms with Gasteiger partial charge in [-0.1, -0.05) is 23.2 Å². The highest BCUT2D eigenvalue weighted by Crippen LogP contribution is 2.22. The molecule has 2 rings (SSSR count). The van der Waals surface area contributed by atoms with Crippen molar-refractivity contribution >= 4 is 35.1 Å². The van der Waals surface area contributed by atoms with E-state index in [-0.39, 0.29) is 5.91 Å². The highest BCUT2D eigenvalue weighted by atomic mass is 35.5. The van der Waals surface area contributed by atoms with Gasteiger partial charge in [0.25, 0.3) is 5.91 Å². The van der Waals surface area contributed by atoms with E-state index in [1.165, 1.54) is 0 Å². The number of hydrogen-bond donors (Lipinski definition) is 3. The summed E-state index contributed by atoms with van der Waals surface area (Å²) in [7, 11) is 0. The van der Waals surface area contributed by atoms with E-state index in [4.69, 9.17) is 27.9 Å². The molecule has 3 N–H and O–H groups in total. The Hall–Kier alpha value is -1.54. The molecule has 0 radical (unpaired) electrons. The second-order valence-electron chi connectivity index (χ2n) is 6.03. The molecule has 1 aliphatic rings. The SMILES string of the molecule is CCNC(=NCCN1CCOCC1)NCCNC(=O)c1ccc(Cl)c(Cl)c1. The van der Waals surface area contributed by atoms with E-state index in [0.717, 1.165) is 45.4 Å². The Balaban J connectivity index is 1.70. The molecule has 0 bridgehead atoms. The number of guanidine groups is 1. The van der Waals surface area contributed by atoms with Gasteiger partial charge in [-0.05, 0) is 25.1 Å². The maximum Gasteiger partial charge on any atom is 0.251 e. The lowest BCUT2D eigenvalue weighted by Crippen LogP contribution is -2.42. The highest BCUT2D eigenvalue weighted by molar-refractivity contribution is 6.42. The first-order valence-electron chi connectivity index (χ1n) is 9.15. The first-order valence-corrected chi connectivity index (χ1v) is 9.91. The zero-order valence-electron chi connectivity index (χ0n) is 15.6. The molecule has 1 saturated heterocycles. The van der Waals surface area contributed by atoms with Crippen LogP contribution in [0.2, 0.25) is 10.0 Å². The summed E-state index contributed by atoms with van der Waals surface area (Å²) in [6.07, 6.45) is 0. The lowest BCUT2D eigenvalue weighted by molar-refractivity contribution is 0.0394. The monoisotopic (exact) mass is 415 g/mol. The summed E-state index contributed by atoms with van der Waals surface area (Å²) >= 11 is 11.8. The number of rotatable bonds is 8. The minimum absolute atomic E-state index is 0.190. The van der Waals surface area contributed by atoms with Gasteiger partial charge in [0.2, 0.25) is 0 Å². The zero-order chi connectivity index (χ0) is 19.5. The van der Waals surface area contributed by atoms with Gasteiger partial charge in [0, 0.05) is 44.8 Å². The summed E-state index contributed by atoms with van der Waals surface area (Å²) in [5.74, 6) is 0.555. The third kappa shape index (κ3) is 7.92. The lowest BCUT2D eigenvalue weighted by atomic mass is 10.2. The van der Waals surface area contributed by atoms with Crippen LogP contribution in [0.1, 0.15) is 17.3 Å². The highest BCUT2D eigenvalue weighted by Gasteiger charge is 2.10. The minimum atomic E-state index is -0.190. The fraction of sp³-hybridized carbons (Fsp3) is 0.556. The Morgan fingerprint density at radius 1 is 1.15 bits per heavy atom. The largest absolute Gasteiger partial charge is 0.379 e. The van der Waals surface area contributed by atoms with Crippen LogP contribution in [-0.4, -0.2) is 75.8 Å². The first-order chi connectivity index (χ1) is 13.1. The van der Waals surface area contributed by atoms with Crippen LogP contribution in [-0.2, 0) is 4.74 Å². The molecule has 1 aliphatic heterocycles. The number of carbonyl (C=O) groups excluding carboxylic acids is 1. The van der Waals surface area contributed by atoms with Gasteiger partial charge in [0.1, 0.15) is 0 Å². The zero-order valence-corrected chi connectivity index (χ0v) is 17.1. The molecule has 1 aromatic carbocycles. The summed E-state index contributed by atoms with van der Waals surface area (Å²) in [5.41, 5.74) is 0.482. The van der Waals surface area contributed by atoms with E-state index >= 15 is 0 Å². The summed E-state index contributed by atoms with van der Waals surface area (Å²) in [4.78, 5) is 19.0. The normalized spacial score (nSPS) is 15.4. The standard InChI is InChI=1S/C18H27Cl2N5O2/c1-2-21-18(24-7-8-25-9-11-27-12-10-25)23-6-5-22-17(26)14-3-4-15(19)16(20)13-14/h3-4,13H,2,5-12H2,1H3,(H,22,26)(H2,21,23,24). The van der Waals surface area contributed by atoms with Crippen molar-refractivity contribution in [1.82, 2.24) is 20.9 Å². The maximum atomic E-state index is 12.1. The maximum absolute atomic E-state index is 12.1. The van der Waals surface area contributed by atoms with Crippen LogP contribution in [0.25, 0.3) is 0 Å². The number of nitrogens with zero attached hydrogens (tertiary/aromatic N) is 2. The molecule has 150 valence electrons.